The molecule has 0 bridgehead atoms. The molecular weight excluding hydrogens is 419 g/mol. The fourth-order valence-corrected chi connectivity index (χ4v) is 2.98. The largest absolute Gasteiger partial charge is 0.379 e. The number of rotatable bonds is 6. The third kappa shape index (κ3) is 5.78. The summed E-state index contributed by atoms with van der Waals surface area (Å²) in [7, 11) is 0. The molecule has 24 heavy (non-hydrogen) atoms. The molecule has 2 N–H and O–H groups in total. The number of benzene rings is 1. The fourth-order valence-electron chi connectivity index (χ4n) is 2.34. The van der Waals surface area contributed by atoms with Crippen molar-refractivity contribution in [2.45, 2.75) is 6.92 Å². The summed E-state index contributed by atoms with van der Waals surface area (Å²) in [4.78, 5) is 14.3. The van der Waals surface area contributed by atoms with Gasteiger partial charge in [0, 0.05) is 41.6 Å². The van der Waals surface area contributed by atoms with Crippen molar-refractivity contribution < 1.29 is 9.53 Å². The van der Waals surface area contributed by atoms with Crippen molar-refractivity contribution in [1.82, 2.24) is 10.2 Å². The monoisotopic (exact) mass is 440 g/mol. The molecule has 1 aromatic carbocycles. The van der Waals surface area contributed by atoms with E-state index in [4.69, 9.17) is 4.74 Å². The van der Waals surface area contributed by atoms with Crippen LogP contribution in [0.1, 0.15) is 5.56 Å². The lowest BCUT2D eigenvalue weighted by atomic mass is 10.2. The average Bonchev–Trinajstić information content (AvgIpc) is 2.58. The van der Waals surface area contributed by atoms with Gasteiger partial charge in [-0.25, -0.2) is 0 Å². The molecule has 2 rings (SSSR count). The topological polar surface area (TPSA) is 77.4 Å². The van der Waals surface area contributed by atoms with E-state index in [1.165, 1.54) is 6.20 Å². The van der Waals surface area contributed by atoms with Crippen molar-refractivity contribution in [1.29, 1.82) is 5.26 Å². The summed E-state index contributed by atoms with van der Waals surface area (Å²) in [6.45, 7) is 6.48. The fraction of sp³-hybridized carbons (Fsp3) is 0.412. The highest BCUT2D eigenvalue weighted by atomic mass is 127. The van der Waals surface area contributed by atoms with Crippen LogP contribution in [0.25, 0.3) is 0 Å². The zero-order valence-electron chi connectivity index (χ0n) is 13.6. The SMILES string of the molecule is Cc1cc(I)ccc1N/C=C(/C#N)C(=O)NCCN1CCOCC1. The molecule has 1 saturated heterocycles. The van der Waals surface area contributed by atoms with Gasteiger partial charge in [-0.05, 0) is 53.3 Å². The summed E-state index contributed by atoms with van der Waals surface area (Å²) in [6, 6.07) is 7.88. The van der Waals surface area contributed by atoms with Crippen LogP contribution in [0.5, 0.6) is 0 Å². The lowest BCUT2D eigenvalue weighted by Gasteiger charge is -2.26. The van der Waals surface area contributed by atoms with E-state index in [-0.39, 0.29) is 11.5 Å². The maximum atomic E-state index is 12.1. The number of morpholine rings is 1. The van der Waals surface area contributed by atoms with Crippen LogP contribution >= 0.6 is 22.6 Å². The molecule has 1 amide bonds. The molecule has 128 valence electrons. The number of nitrogens with zero attached hydrogens (tertiary/aromatic N) is 2. The van der Waals surface area contributed by atoms with E-state index in [1.807, 2.05) is 31.2 Å². The molecule has 0 saturated carbocycles. The number of halogens is 1. The van der Waals surface area contributed by atoms with Gasteiger partial charge in [-0.15, -0.1) is 0 Å². The smallest absolute Gasteiger partial charge is 0.263 e. The number of amides is 1. The lowest BCUT2D eigenvalue weighted by molar-refractivity contribution is -0.117. The number of nitrogens with one attached hydrogen (secondary N) is 2. The summed E-state index contributed by atoms with van der Waals surface area (Å²) in [5.74, 6) is -0.360. The van der Waals surface area contributed by atoms with Gasteiger partial charge < -0.3 is 15.4 Å². The van der Waals surface area contributed by atoms with Gasteiger partial charge in [0.2, 0.25) is 0 Å². The first-order valence-corrected chi connectivity index (χ1v) is 8.89. The van der Waals surface area contributed by atoms with Gasteiger partial charge in [0.15, 0.2) is 0 Å². The standard InChI is InChI=1S/C17H21IN4O2/c1-13-10-15(18)2-3-16(13)21-12-14(11-19)17(23)20-4-5-22-6-8-24-9-7-22/h2-3,10,12,21H,4-9H2,1H3,(H,20,23)/b14-12-. The van der Waals surface area contributed by atoms with Crippen LogP contribution < -0.4 is 10.6 Å². The quantitative estimate of drug-likeness (QED) is 0.401. The van der Waals surface area contributed by atoms with Gasteiger partial charge in [0.05, 0.1) is 13.2 Å². The normalized spacial score (nSPS) is 15.6. The summed E-state index contributed by atoms with van der Waals surface area (Å²) < 4.78 is 6.42. The minimum atomic E-state index is -0.360. The predicted octanol–water partition coefficient (Wildman–Crippen LogP) is 1.87. The summed E-state index contributed by atoms with van der Waals surface area (Å²) in [5.41, 5.74) is 2.00. The Labute approximate surface area is 156 Å². The molecule has 0 aromatic heterocycles. The van der Waals surface area contributed by atoms with E-state index < -0.39 is 0 Å². The molecule has 1 aliphatic rings. The Morgan fingerprint density at radius 2 is 2.21 bits per heavy atom. The number of ether oxygens (including phenoxy) is 1. The molecule has 0 atom stereocenters. The maximum Gasteiger partial charge on any atom is 0.263 e. The van der Waals surface area contributed by atoms with Crippen molar-refractivity contribution in [3.8, 4) is 6.07 Å². The van der Waals surface area contributed by atoms with Crippen LogP contribution in [0.3, 0.4) is 0 Å². The van der Waals surface area contributed by atoms with E-state index in [0.717, 1.165) is 47.7 Å². The number of aryl methyl sites for hydroxylation is 1. The molecule has 0 unspecified atom stereocenters. The molecule has 0 aliphatic carbocycles. The first-order chi connectivity index (χ1) is 11.6. The van der Waals surface area contributed by atoms with Crippen LogP contribution in [-0.4, -0.2) is 50.2 Å². The van der Waals surface area contributed by atoms with E-state index in [0.29, 0.717) is 6.54 Å². The van der Waals surface area contributed by atoms with E-state index in [1.54, 1.807) is 0 Å². The van der Waals surface area contributed by atoms with Crippen molar-refractivity contribution in [3.05, 3.63) is 39.1 Å². The number of carbonyl (C=O) groups excluding carboxylic acids is 1. The average molecular weight is 440 g/mol. The van der Waals surface area contributed by atoms with Crippen LogP contribution in [0, 0.1) is 21.8 Å². The molecule has 1 heterocycles. The van der Waals surface area contributed by atoms with Crippen molar-refractivity contribution in [2.24, 2.45) is 0 Å². The van der Waals surface area contributed by atoms with Crippen LogP contribution in [0.4, 0.5) is 5.69 Å². The Morgan fingerprint density at radius 3 is 2.88 bits per heavy atom. The summed E-state index contributed by atoms with van der Waals surface area (Å²) >= 11 is 2.24. The second kappa shape index (κ2) is 9.61. The van der Waals surface area contributed by atoms with E-state index >= 15 is 0 Å². The summed E-state index contributed by atoms with van der Waals surface area (Å²) in [5, 5.41) is 15.0. The second-order valence-electron chi connectivity index (χ2n) is 5.48. The van der Waals surface area contributed by atoms with Gasteiger partial charge in [-0.3, -0.25) is 9.69 Å². The molecule has 1 aromatic rings. The van der Waals surface area contributed by atoms with E-state index in [9.17, 15) is 10.1 Å². The van der Waals surface area contributed by atoms with Gasteiger partial charge in [-0.1, -0.05) is 0 Å². The Bertz CT molecular complexity index is 648. The zero-order valence-corrected chi connectivity index (χ0v) is 15.8. The number of carbonyl (C=O) groups is 1. The Morgan fingerprint density at radius 1 is 1.46 bits per heavy atom. The summed E-state index contributed by atoms with van der Waals surface area (Å²) in [6.07, 6.45) is 1.46. The molecule has 0 radical (unpaired) electrons. The third-order valence-electron chi connectivity index (χ3n) is 3.74. The first kappa shape index (κ1) is 18.7. The lowest BCUT2D eigenvalue weighted by Crippen LogP contribution is -2.41. The van der Waals surface area contributed by atoms with Crippen molar-refractivity contribution in [3.63, 3.8) is 0 Å². The zero-order chi connectivity index (χ0) is 17.4. The number of nitriles is 1. The molecule has 7 heteroatoms. The second-order valence-corrected chi connectivity index (χ2v) is 6.73. The number of hydrogen-bond donors (Lipinski definition) is 2. The highest BCUT2D eigenvalue weighted by Gasteiger charge is 2.12. The van der Waals surface area contributed by atoms with Gasteiger partial charge in [0.1, 0.15) is 11.6 Å². The highest BCUT2D eigenvalue weighted by molar-refractivity contribution is 14.1. The predicted molar refractivity (Wildman–Crippen MR) is 101 cm³/mol. The van der Waals surface area contributed by atoms with E-state index in [2.05, 4.69) is 38.1 Å². The Kier molecular flexibility index (Phi) is 7.49. The van der Waals surface area contributed by atoms with Crippen molar-refractivity contribution >= 4 is 34.2 Å². The van der Waals surface area contributed by atoms with Gasteiger partial charge >= 0.3 is 0 Å². The van der Waals surface area contributed by atoms with Crippen molar-refractivity contribution in [2.75, 3.05) is 44.7 Å². The molecular formula is C17H21IN4O2. The molecule has 1 aliphatic heterocycles. The minimum Gasteiger partial charge on any atom is -0.379 e. The number of anilines is 1. The van der Waals surface area contributed by atoms with Crippen LogP contribution in [0.2, 0.25) is 0 Å². The Hall–Kier alpha value is -1.63. The minimum absolute atomic E-state index is 0.0647. The Balaban J connectivity index is 1.85. The maximum absolute atomic E-state index is 12.1. The van der Waals surface area contributed by atoms with Crippen LogP contribution in [-0.2, 0) is 9.53 Å². The first-order valence-electron chi connectivity index (χ1n) is 7.81. The number of hydrogen-bond acceptors (Lipinski definition) is 5. The molecule has 1 fully saturated rings. The van der Waals surface area contributed by atoms with Gasteiger partial charge in [-0.2, -0.15) is 5.26 Å². The third-order valence-corrected chi connectivity index (χ3v) is 4.41. The van der Waals surface area contributed by atoms with Gasteiger partial charge in [0.25, 0.3) is 5.91 Å². The molecule has 6 nitrogen and oxygen atoms in total. The van der Waals surface area contributed by atoms with Crippen LogP contribution in [0.15, 0.2) is 30.0 Å². The highest BCUT2D eigenvalue weighted by Crippen LogP contribution is 2.17. The molecule has 0 spiro atoms.